The third kappa shape index (κ3) is 3.90. The van der Waals surface area contributed by atoms with Crippen LogP contribution in [0.3, 0.4) is 0 Å². The van der Waals surface area contributed by atoms with Crippen molar-refractivity contribution in [2.45, 2.75) is 51.4 Å². The van der Waals surface area contributed by atoms with Crippen molar-refractivity contribution in [3.63, 3.8) is 0 Å². The average molecular weight is 433 g/mol. The molecule has 5 rings (SSSR count). The van der Waals surface area contributed by atoms with Gasteiger partial charge in [-0.2, -0.15) is 0 Å². The van der Waals surface area contributed by atoms with Gasteiger partial charge in [-0.1, -0.05) is 19.1 Å². The van der Waals surface area contributed by atoms with Crippen LogP contribution in [0.1, 0.15) is 61.4 Å². The Bertz CT molecular complexity index is 1260. The van der Waals surface area contributed by atoms with Gasteiger partial charge in [0.05, 0.1) is 5.52 Å². The van der Waals surface area contributed by atoms with Crippen LogP contribution in [0.5, 0.6) is 0 Å². The van der Waals surface area contributed by atoms with Gasteiger partial charge in [0, 0.05) is 23.1 Å². The van der Waals surface area contributed by atoms with Gasteiger partial charge >= 0.3 is 0 Å². The van der Waals surface area contributed by atoms with Crippen molar-refractivity contribution in [3.8, 4) is 11.4 Å². The Kier molecular flexibility index (Phi) is 5.45. The second kappa shape index (κ2) is 8.41. The number of H-pyrrole nitrogens is 1. The molecule has 4 nitrogen and oxygen atoms in total. The number of hydrogen-bond donors (Lipinski definition) is 1. The largest absolute Gasteiger partial charge is 0.325 e. The summed E-state index contributed by atoms with van der Waals surface area (Å²) in [7, 11) is 0. The lowest BCUT2D eigenvalue weighted by Gasteiger charge is -2.32. The van der Waals surface area contributed by atoms with Crippen LogP contribution < -0.4 is 0 Å². The zero-order valence-corrected chi connectivity index (χ0v) is 18.3. The molecule has 32 heavy (non-hydrogen) atoms. The lowest BCUT2D eigenvalue weighted by atomic mass is 9.73. The summed E-state index contributed by atoms with van der Waals surface area (Å²) in [6, 6.07) is 12.0. The molecule has 1 saturated carbocycles. The minimum Gasteiger partial charge on any atom is -0.325 e. The molecular formula is C26H26F2N4. The van der Waals surface area contributed by atoms with Crippen LogP contribution in [0.2, 0.25) is 0 Å². The summed E-state index contributed by atoms with van der Waals surface area (Å²) < 4.78 is 27.8. The highest BCUT2D eigenvalue weighted by atomic mass is 19.1. The molecule has 2 heterocycles. The fraction of sp³-hybridized carbons (Fsp3) is 0.346. The van der Waals surface area contributed by atoms with Crippen molar-refractivity contribution in [2.24, 2.45) is 5.92 Å². The molecule has 164 valence electrons. The van der Waals surface area contributed by atoms with Crippen molar-refractivity contribution in [3.05, 3.63) is 77.2 Å². The average Bonchev–Trinajstić information content (AvgIpc) is 3.30. The number of pyridine rings is 1. The molecule has 1 aliphatic carbocycles. The van der Waals surface area contributed by atoms with E-state index in [1.807, 2.05) is 18.3 Å². The fourth-order valence-electron chi connectivity index (χ4n) is 5.00. The molecule has 0 saturated heterocycles. The molecule has 6 heteroatoms. The lowest BCUT2D eigenvalue weighted by Crippen LogP contribution is -2.19. The van der Waals surface area contributed by atoms with E-state index in [4.69, 9.17) is 0 Å². The minimum atomic E-state index is -0.240. The Morgan fingerprint density at radius 1 is 0.969 bits per heavy atom. The van der Waals surface area contributed by atoms with Gasteiger partial charge < -0.3 is 4.98 Å². The predicted molar refractivity (Wildman–Crippen MR) is 121 cm³/mol. The number of hydrogen-bond acceptors (Lipinski definition) is 3. The van der Waals surface area contributed by atoms with E-state index in [0.29, 0.717) is 28.8 Å². The van der Waals surface area contributed by atoms with Gasteiger partial charge in [-0.05, 0) is 85.9 Å². The number of nitrogens with one attached hydrogen (secondary N) is 1. The maximum atomic E-state index is 13.9. The van der Waals surface area contributed by atoms with Crippen LogP contribution in [0.15, 0.2) is 48.7 Å². The summed E-state index contributed by atoms with van der Waals surface area (Å²) in [4.78, 5) is 7.70. The quantitative estimate of drug-likeness (QED) is 0.391. The summed E-state index contributed by atoms with van der Waals surface area (Å²) >= 11 is 0. The first-order chi connectivity index (χ1) is 15.5. The van der Waals surface area contributed by atoms with Gasteiger partial charge in [0.25, 0.3) is 0 Å². The summed E-state index contributed by atoms with van der Waals surface area (Å²) in [5.41, 5.74) is 3.37. The standard InChI is InChI=1S/C26H26F2N4/c1-15-3-4-19(13-23(15)28)26-30-25(31-32-26)16(2)17-5-7-18(8-6-17)21-11-12-29-24-10-9-20(27)14-22(21)24/h3-4,9-14,16-18H,5-8H2,1-2H3,(H,30,31,32)/t16-,17?,18?/m0/s1. The van der Waals surface area contributed by atoms with Crippen LogP contribution in [-0.4, -0.2) is 20.2 Å². The van der Waals surface area contributed by atoms with Crippen LogP contribution in [0, 0.1) is 24.5 Å². The second-order valence-corrected chi connectivity index (χ2v) is 8.98. The number of nitrogens with zero attached hydrogens (tertiary/aromatic N) is 3. The summed E-state index contributed by atoms with van der Waals surface area (Å²) in [5.74, 6) is 2.13. The molecule has 1 aliphatic rings. The molecule has 0 bridgehead atoms. The number of rotatable bonds is 4. The van der Waals surface area contributed by atoms with Crippen LogP contribution in [0.4, 0.5) is 8.78 Å². The summed E-state index contributed by atoms with van der Waals surface area (Å²) in [6.45, 7) is 3.93. The van der Waals surface area contributed by atoms with Crippen molar-refractivity contribution >= 4 is 10.9 Å². The number of fused-ring (bicyclic) bond motifs is 1. The van der Waals surface area contributed by atoms with E-state index >= 15 is 0 Å². The topological polar surface area (TPSA) is 54.5 Å². The molecule has 4 aromatic rings. The van der Waals surface area contributed by atoms with Gasteiger partial charge in [0.15, 0.2) is 5.82 Å². The fourth-order valence-corrected chi connectivity index (χ4v) is 5.00. The van der Waals surface area contributed by atoms with Crippen molar-refractivity contribution in [1.82, 2.24) is 20.2 Å². The highest BCUT2D eigenvalue weighted by Gasteiger charge is 2.29. The molecule has 2 aromatic carbocycles. The minimum absolute atomic E-state index is 0.219. The summed E-state index contributed by atoms with van der Waals surface area (Å²) in [5, 5.41) is 9.56. The Hall–Kier alpha value is -3.15. The maximum absolute atomic E-state index is 13.9. The van der Waals surface area contributed by atoms with E-state index in [1.165, 1.54) is 17.7 Å². The number of benzene rings is 2. The number of aryl methyl sites for hydroxylation is 1. The van der Waals surface area contributed by atoms with E-state index in [-0.39, 0.29) is 17.6 Å². The number of aromatic amines is 1. The Morgan fingerprint density at radius 2 is 1.78 bits per heavy atom. The smallest absolute Gasteiger partial charge is 0.161 e. The Balaban J connectivity index is 1.29. The first-order valence-corrected chi connectivity index (χ1v) is 11.2. The van der Waals surface area contributed by atoms with Crippen LogP contribution in [0.25, 0.3) is 22.3 Å². The molecule has 1 N–H and O–H groups in total. The molecule has 0 spiro atoms. The normalized spacial score (nSPS) is 19.9. The van der Waals surface area contributed by atoms with Gasteiger partial charge in [-0.25, -0.2) is 8.78 Å². The van der Waals surface area contributed by atoms with Gasteiger partial charge in [-0.15, -0.1) is 10.2 Å². The van der Waals surface area contributed by atoms with Crippen molar-refractivity contribution in [1.29, 1.82) is 0 Å². The van der Waals surface area contributed by atoms with E-state index < -0.39 is 0 Å². The molecule has 0 amide bonds. The third-order valence-corrected chi connectivity index (χ3v) is 7.04. The second-order valence-electron chi connectivity index (χ2n) is 8.98. The van der Waals surface area contributed by atoms with E-state index in [2.05, 4.69) is 27.1 Å². The highest BCUT2D eigenvalue weighted by molar-refractivity contribution is 5.82. The highest BCUT2D eigenvalue weighted by Crippen LogP contribution is 2.42. The Labute approximate surface area is 186 Å². The molecule has 1 atom stereocenters. The van der Waals surface area contributed by atoms with Gasteiger partial charge in [0.2, 0.25) is 0 Å². The van der Waals surface area contributed by atoms with Gasteiger partial charge in [0.1, 0.15) is 17.5 Å². The first-order valence-electron chi connectivity index (χ1n) is 11.2. The van der Waals surface area contributed by atoms with Crippen molar-refractivity contribution in [2.75, 3.05) is 0 Å². The van der Waals surface area contributed by atoms with Gasteiger partial charge in [-0.3, -0.25) is 4.98 Å². The molecule has 0 aliphatic heterocycles. The maximum Gasteiger partial charge on any atom is 0.161 e. The lowest BCUT2D eigenvalue weighted by molar-refractivity contribution is 0.286. The van der Waals surface area contributed by atoms with E-state index in [9.17, 15) is 8.78 Å². The SMILES string of the molecule is Cc1ccc(-c2nnc([C@@H](C)C3CCC(c4ccnc5ccc(F)cc45)CC3)[nH]2)cc1F. The number of aromatic nitrogens is 4. The summed E-state index contributed by atoms with van der Waals surface area (Å²) in [6.07, 6.45) is 6.07. The third-order valence-electron chi connectivity index (χ3n) is 7.04. The van der Waals surface area contributed by atoms with Crippen LogP contribution >= 0.6 is 0 Å². The Morgan fingerprint density at radius 3 is 2.56 bits per heavy atom. The molecule has 2 aromatic heterocycles. The van der Waals surface area contributed by atoms with Crippen molar-refractivity contribution < 1.29 is 8.78 Å². The number of halogens is 2. The zero-order chi connectivity index (χ0) is 22.2. The van der Waals surface area contributed by atoms with E-state index in [0.717, 1.165) is 42.4 Å². The zero-order valence-electron chi connectivity index (χ0n) is 18.3. The molecule has 0 unspecified atom stereocenters. The van der Waals surface area contributed by atoms with E-state index in [1.54, 1.807) is 25.1 Å². The first kappa shape index (κ1) is 20.7. The molecule has 1 fully saturated rings. The van der Waals surface area contributed by atoms with Crippen LogP contribution in [-0.2, 0) is 0 Å². The monoisotopic (exact) mass is 432 g/mol. The molecule has 0 radical (unpaired) electrons. The predicted octanol–water partition coefficient (Wildman–Crippen LogP) is 6.68. The molecular weight excluding hydrogens is 406 g/mol.